The summed E-state index contributed by atoms with van der Waals surface area (Å²) in [6.07, 6.45) is -0.0144. The van der Waals surface area contributed by atoms with Gasteiger partial charge in [0.15, 0.2) is 0 Å². The fourth-order valence-electron chi connectivity index (χ4n) is 1.69. The fraction of sp³-hybridized carbons (Fsp3) is 0.889. The highest BCUT2D eigenvalue weighted by atomic mass is 32.2. The maximum absolute atomic E-state index is 11.6. The Morgan fingerprint density at radius 1 is 1.50 bits per heavy atom. The van der Waals surface area contributed by atoms with Crippen LogP contribution >= 0.6 is 0 Å². The van der Waals surface area contributed by atoms with Crippen LogP contribution in [0.15, 0.2) is 0 Å². The molecule has 0 saturated carbocycles. The molecule has 0 aliphatic carbocycles. The van der Waals surface area contributed by atoms with Gasteiger partial charge in [0, 0.05) is 19.5 Å². The minimum atomic E-state index is -3.62. The molecule has 0 radical (unpaired) electrons. The third kappa shape index (κ3) is 3.16. The molecule has 1 saturated heterocycles. The lowest BCUT2D eigenvalue weighted by molar-refractivity contribution is -0.128. The molecule has 0 bridgehead atoms. The number of hydrogen-bond acceptors (Lipinski definition) is 4. The van der Waals surface area contributed by atoms with Gasteiger partial charge in [-0.05, 0) is 12.0 Å². The monoisotopic (exact) mass is 249 g/mol. The zero-order valence-corrected chi connectivity index (χ0v) is 10.5. The van der Waals surface area contributed by atoms with Gasteiger partial charge in [-0.1, -0.05) is 13.8 Å². The van der Waals surface area contributed by atoms with Crippen molar-refractivity contribution < 1.29 is 13.2 Å². The first-order valence-corrected chi connectivity index (χ1v) is 6.76. The molecule has 1 heterocycles. The number of amides is 1. The molecule has 1 rings (SSSR count). The SMILES string of the molecule is CC(C)(CN)CN1CC(S(N)(=O)=O)CC1=O. The van der Waals surface area contributed by atoms with E-state index in [1.807, 2.05) is 13.8 Å². The Labute approximate surface area is 96.0 Å². The smallest absolute Gasteiger partial charge is 0.224 e. The van der Waals surface area contributed by atoms with Crippen molar-refractivity contribution in [3.63, 3.8) is 0 Å². The molecular weight excluding hydrogens is 230 g/mol. The van der Waals surface area contributed by atoms with E-state index in [2.05, 4.69) is 0 Å². The Morgan fingerprint density at radius 3 is 2.44 bits per heavy atom. The van der Waals surface area contributed by atoms with E-state index in [-0.39, 0.29) is 24.3 Å². The van der Waals surface area contributed by atoms with Crippen molar-refractivity contribution in [2.45, 2.75) is 25.5 Å². The summed E-state index contributed by atoms with van der Waals surface area (Å²) >= 11 is 0. The molecule has 94 valence electrons. The van der Waals surface area contributed by atoms with E-state index in [1.54, 1.807) is 0 Å². The number of nitrogens with two attached hydrogens (primary N) is 2. The summed E-state index contributed by atoms with van der Waals surface area (Å²) in [5.74, 6) is -0.166. The Hall–Kier alpha value is -0.660. The summed E-state index contributed by atoms with van der Waals surface area (Å²) in [5.41, 5.74) is 5.36. The zero-order valence-electron chi connectivity index (χ0n) is 9.64. The van der Waals surface area contributed by atoms with E-state index in [9.17, 15) is 13.2 Å². The molecule has 1 fully saturated rings. The van der Waals surface area contributed by atoms with Gasteiger partial charge in [0.1, 0.15) is 5.25 Å². The van der Waals surface area contributed by atoms with Crippen molar-refractivity contribution in [3.05, 3.63) is 0 Å². The molecule has 0 aromatic carbocycles. The number of nitrogens with zero attached hydrogens (tertiary/aromatic N) is 1. The first-order chi connectivity index (χ1) is 7.15. The van der Waals surface area contributed by atoms with Gasteiger partial charge in [0.2, 0.25) is 15.9 Å². The van der Waals surface area contributed by atoms with Crippen LogP contribution in [0.1, 0.15) is 20.3 Å². The Bertz CT molecular complexity index is 377. The fourth-order valence-corrected chi connectivity index (χ4v) is 2.45. The first kappa shape index (κ1) is 13.4. The Morgan fingerprint density at radius 2 is 2.06 bits per heavy atom. The van der Waals surface area contributed by atoms with Gasteiger partial charge in [-0.25, -0.2) is 13.6 Å². The summed E-state index contributed by atoms with van der Waals surface area (Å²) in [4.78, 5) is 13.1. The van der Waals surface area contributed by atoms with Crippen LogP contribution in [-0.2, 0) is 14.8 Å². The summed E-state index contributed by atoms with van der Waals surface area (Å²) in [6.45, 7) is 4.96. The third-order valence-corrected chi connectivity index (χ3v) is 4.06. The molecule has 1 aliphatic rings. The van der Waals surface area contributed by atoms with E-state index in [0.29, 0.717) is 13.1 Å². The van der Waals surface area contributed by atoms with Crippen molar-refractivity contribution in [2.24, 2.45) is 16.3 Å². The van der Waals surface area contributed by atoms with Gasteiger partial charge in [-0.15, -0.1) is 0 Å². The molecule has 1 amide bonds. The quantitative estimate of drug-likeness (QED) is 0.656. The molecule has 1 atom stereocenters. The van der Waals surface area contributed by atoms with Crippen molar-refractivity contribution in [1.29, 1.82) is 0 Å². The molecule has 7 heteroatoms. The number of rotatable bonds is 4. The number of primary sulfonamides is 1. The van der Waals surface area contributed by atoms with Crippen LogP contribution < -0.4 is 10.9 Å². The molecule has 0 aromatic heterocycles. The van der Waals surface area contributed by atoms with Gasteiger partial charge in [-0.3, -0.25) is 4.79 Å². The number of carbonyl (C=O) groups is 1. The van der Waals surface area contributed by atoms with Crippen LogP contribution in [0.3, 0.4) is 0 Å². The summed E-state index contributed by atoms with van der Waals surface area (Å²) < 4.78 is 22.3. The minimum absolute atomic E-state index is 0.0144. The lowest BCUT2D eigenvalue weighted by atomic mass is 9.93. The van der Waals surface area contributed by atoms with E-state index < -0.39 is 15.3 Å². The van der Waals surface area contributed by atoms with Crippen LogP contribution in [0, 0.1) is 5.41 Å². The highest BCUT2D eigenvalue weighted by molar-refractivity contribution is 7.89. The van der Waals surface area contributed by atoms with Crippen LogP contribution in [0.4, 0.5) is 0 Å². The largest absolute Gasteiger partial charge is 0.341 e. The standard InChI is InChI=1S/C9H19N3O3S/c1-9(2,5-10)6-12-4-7(3-8(12)13)16(11,14)15/h7H,3-6,10H2,1-2H3,(H2,11,14,15). The maximum atomic E-state index is 11.6. The van der Waals surface area contributed by atoms with Gasteiger partial charge in [-0.2, -0.15) is 0 Å². The van der Waals surface area contributed by atoms with Crippen molar-refractivity contribution in [2.75, 3.05) is 19.6 Å². The van der Waals surface area contributed by atoms with Gasteiger partial charge < -0.3 is 10.6 Å². The summed E-state index contributed by atoms with van der Waals surface area (Å²) in [5, 5.41) is 4.26. The van der Waals surface area contributed by atoms with Crippen LogP contribution in [0.25, 0.3) is 0 Å². The van der Waals surface area contributed by atoms with Crippen molar-refractivity contribution >= 4 is 15.9 Å². The van der Waals surface area contributed by atoms with Gasteiger partial charge >= 0.3 is 0 Å². The average Bonchev–Trinajstić information content (AvgIpc) is 2.47. The maximum Gasteiger partial charge on any atom is 0.224 e. The minimum Gasteiger partial charge on any atom is -0.341 e. The molecule has 0 aromatic rings. The lowest BCUT2D eigenvalue weighted by Gasteiger charge is -2.28. The van der Waals surface area contributed by atoms with Crippen LogP contribution in [0.5, 0.6) is 0 Å². The van der Waals surface area contributed by atoms with Crippen LogP contribution in [0.2, 0.25) is 0 Å². The third-order valence-electron chi connectivity index (χ3n) is 2.82. The molecule has 4 N–H and O–H groups in total. The second kappa shape index (κ2) is 4.31. The highest BCUT2D eigenvalue weighted by Gasteiger charge is 2.38. The number of likely N-dealkylation sites (tertiary alicyclic amines) is 1. The zero-order chi connectivity index (χ0) is 12.6. The number of carbonyl (C=O) groups excluding carboxylic acids is 1. The second-order valence-corrected chi connectivity index (χ2v) is 6.90. The number of hydrogen-bond donors (Lipinski definition) is 2. The number of sulfonamides is 1. The first-order valence-electron chi connectivity index (χ1n) is 5.15. The second-order valence-electron chi connectivity index (χ2n) is 5.06. The van der Waals surface area contributed by atoms with E-state index >= 15 is 0 Å². The average molecular weight is 249 g/mol. The molecule has 1 aliphatic heterocycles. The predicted molar refractivity (Wildman–Crippen MR) is 60.9 cm³/mol. The summed E-state index contributed by atoms with van der Waals surface area (Å²) in [6, 6.07) is 0. The predicted octanol–water partition coefficient (Wildman–Crippen LogP) is -1.14. The normalized spacial score (nSPS) is 22.9. The highest BCUT2D eigenvalue weighted by Crippen LogP contribution is 2.22. The lowest BCUT2D eigenvalue weighted by Crippen LogP contribution is -2.40. The Kier molecular flexibility index (Phi) is 3.61. The molecule has 0 spiro atoms. The van der Waals surface area contributed by atoms with Crippen molar-refractivity contribution in [3.8, 4) is 0 Å². The van der Waals surface area contributed by atoms with Crippen LogP contribution in [-0.4, -0.2) is 44.1 Å². The molecule has 1 unspecified atom stereocenters. The van der Waals surface area contributed by atoms with E-state index in [0.717, 1.165) is 0 Å². The van der Waals surface area contributed by atoms with E-state index in [1.165, 1.54) is 4.90 Å². The molecular formula is C9H19N3O3S. The Balaban J connectivity index is 2.70. The molecule has 16 heavy (non-hydrogen) atoms. The summed E-state index contributed by atoms with van der Waals surface area (Å²) in [7, 11) is -3.62. The van der Waals surface area contributed by atoms with Crippen molar-refractivity contribution in [1.82, 2.24) is 4.90 Å². The molecule has 6 nitrogen and oxygen atoms in total. The van der Waals surface area contributed by atoms with E-state index in [4.69, 9.17) is 10.9 Å². The van der Waals surface area contributed by atoms with Gasteiger partial charge in [0.05, 0.1) is 0 Å². The van der Waals surface area contributed by atoms with Gasteiger partial charge in [0.25, 0.3) is 0 Å². The topological polar surface area (TPSA) is 106 Å².